The van der Waals surface area contributed by atoms with Crippen molar-refractivity contribution in [2.24, 2.45) is 0 Å². The molecule has 0 spiro atoms. The van der Waals surface area contributed by atoms with Crippen molar-refractivity contribution in [2.75, 3.05) is 29.5 Å². The van der Waals surface area contributed by atoms with E-state index in [0.717, 1.165) is 18.8 Å². The van der Waals surface area contributed by atoms with E-state index in [2.05, 4.69) is 15.1 Å². The van der Waals surface area contributed by atoms with Crippen LogP contribution in [0.3, 0.4) is 0 Å². The minimum atomic E-state index is 0.645. The second kappa shape index (κ2) is 4.00. The van der Waals surface area contributed by atoms with Crippen molar-refractivity contribution in [3.05, 3.63) is 5.89 Å². The van der Waals surface area contributed by atoms with Crippen LogP contribution in [0, 0.1) is 6.92 Å². The van der Waals surface area contributed by atoms with Crippen LogP contribution in [0.5, 0.6) is 0 Å². The van der Waals surface area contributed by atoms with Gasteiger partial charge in [-0.05, 0) is 12.2 Å². The zero-order valence-corrected chi connectivity index (χ0v) is 8.51. The largest absolute Gasteiger partial charge is 0.408 e. The minimum Gasteiger partial charge on any atom is -0.408 e. The number of hydrogen-bond donors (Lipinski definition) is 0. The molecule has 0 unspecified atom stereocenters. The molecule has 0 aliphatic carbocycles. The van der Waals surface area contributed by atoms with Gasteiger partial charge in [0, 0.05) is 25.8 Å². The van der Waals surface area contributed by atoms with E-state index in [1.54, 1.807) is 0 Å². The molecule has 1 aromatic heterocycles. The van der Waals surface area contributed by atoms with Gasteiger partial charge in [-0.1, -0.05) is 5.10 Å². The van der Waals surface area contributed by atoms with Crippen molar-refractivity contribution >= 4 is 17.8 Å². The molecule has 1 aliphatic rings. The molecule has 1 aliphatic heterocycles. The summed E-state index contributed by atoms with van der Waals surface area (Å²) >= 11 is 1.99. The molecule has 13 heavy (non-hydrogen) atoms. The van der Waals surface area contributed by atoms with Crippen LogP contribution in [0.1, 0.15) is 12.3 Å². The third-order valence-electron chi connectivity index (χ3n) is 2.01. The third kappa shape index (κ3) is 2.15. The summed E-state index contributed by atoms with van der Waals surface area (Å²) in [6, 6.07) is 0.681. The Kier molecular flexibility index (Phi) is 2.73. The molecule has 2 heterocycles. The van der Waals surface area contributed by atoms with Gasteiger partial charge in [-0.2, -0.15) is 11.8 Å². The zero-order valence-electron chi connectivity index (χ0n) is 7.69. The number of aromatic nitrogens is 2. The fraction of sp³-hybridized carbons (Fsp3) is 0.750. The van der Waals surface area contributed by atoms with Gasteiger partial charge in [-0.25, -0.2) is 0 Å². The van der Waals surface area contributed by atoms with Crippen LogP contribution >= 0.6 is 11.8 Å². The molecule has 0 amide bonds. The highest BCUT2D eigenvalue weighted by Crippen LogP contribution is 2.16. The Hall–Kier alpha value is -0.710. The molecule has 0 aromatic carbocycles. The lowest BCUT2D eigenvalue weighted by Crippen LogP contribution is -2.25. The van der Waals surface area contributed by atoms with Crippen molar-refractivity contribution in [2.45, 2.75) is 13.3 Å². The summed E-state index contributed by atoms with van der Waals surface area (Å²) in [4.78, 5) is 2.17. The second-order valence-electron chi connectivity index (χ2n) is 3.06. The van der Waals surface area contributed by atoms with E-state index >= 15 is 0 Å². The van der Waals surface area contributed by atoms with E-state index in [1.165, 1.54) is 12.2 Å². The second-order valence-corrected chi connectivity index (χ2v) is 4.28. The van der Waals surface area contributed by atoms with Crippen molar-refractivity contribution < 1.29 is 4.42 Å². The molecule has 0 bridgehead atoms. The Balaban J connectivity index is 2.06. The smallest absolute Gasteiger partial charge is 0.318 e. The predicted molar refractivity (Wildman–Crippen MR) is 53.2 cm³/mol. The van der Waals surface area contributed by atoms with Gasteiger partial charge in [0.2, 0.25) is 5.89 Å². The molecule has 0 saturated carbocycles. The molecule has 1 fully saturated rings. The molecular weight excluding hydrogens is 186 g/mol. The first-order chi connectivity index (χ1) is 6.36. The lowest BCUT2D eigenvalue weighted by atomic mass is 10.4. The van der Waals surface area contributed by atoms with Crippen LogP contribution in [-0.4, -0.2) is 34.8 Å². The van der Waals surface area contributed by atoms with E-state index in [0.29, 0.717) is 11.9 Å². The lowest BCUT2D eigenvalue weighted by Gasteiger charge is -2.15. The minimum absolute atomic E-state index is 0.645. The summed E-state index contributed by atoms with van der Waals surface area (Å²) in [5, 5.41) is 7.84. The number of aryl methyl sites for hydroxylation is 1. The normalized spacial score (nSPS) is 18.7. The van der Waals surface area contributed by atoms with E-state index in [1.807, 2.05) is 18.7 Å². The number of nitrogens with zero attached hydrogens (tertiary/aromatic N) is 3. The van der Waals surface area contributed by atoms with Gasteiger partial charge in [0.25, 0.3) is 0 Å². The topological polar surface area (TPSA) is 42.2 Å². The maximum absolute atomic E-state index is 5.37. The summed E-state index contributed by atoms with van der Waals surface area (Å²) in [7, 11) is 0. The maximum Gasteiger partial charge on any atom is 0.318 e. The average Bonchev–Trinajstić information content (AvgIpc) is 2.43. The molecular formula is C8H13N3OS. The van der Waals surface area contributed by atoms with Crippen molar-refractivity contribution in [1.82, 2.24) is 10.2 Å². The van der Waals surface area contributed by atoms with E-state index in [9.17, 15) is 0 Å². The van der Waals surface area contributed by atoms with Crippen LogP contribution in [0.4, 0.5) is 6.01 Å². The molecule has 72 valence electrons. The number of hydrogen-bond acceptors (Lipinski definition) is 5. The van der Waals surface area contributed by atoms with Crippen molar-refractivity contribution in [3.63, 3.8) is 0 Å². The van der Waals surface area contributed by atoms with Gasteiger partial charge in [-0.15, -0.1) is 5.10 Å². The van der Waals surface area contributed by atoms with Crippen LogP contribution in [-0.2, 0) is 0 Å². The van der Waals surface area contributed by atoms with Gasteiger partial charge < -0.3 is 9.32 Å². The van der Waals surface area contributed by atoms with E-state index in [4.69, 9.17) is 4.42 Å². The monoisotopic (exact) mass is 199 g/mol. The van der Waals surface area contributed by atoms with E-state index < -0.39 is 0 Å². The third-order valence-corrected chi connectivity index (χ3v) is 3.06. The number of anilines is 1. The fourth-order valence-electron chi connectivity index (χ4n) is 1.35. The molecule has 1 aromatic rings. The summed E-state index contributed by atoms with van der Waals surface area (Å²) < 4.78 is 5.37. The van der Waals surface area contributed by atoms with Crippen molar-refractivity contribution in [3.8, 4) is 0 Å². The first kappa shape index (κ1) is 8.87. The quantitative estimate of drug-likeness (QED) is 0.682. The molecule has 2 rings (SSSR count). The Morgan fingerprint density at radius 2 is 2.23 bits per heavy atom. The summed E-state index contributed by atoms with van der Waals surface area (Å²) in [5.74, 6) is 3.04. The Morgan fingerprint density at radius 1 is 1.31 bits per heavy atom. The first-order valence-corrected chi connectivity index (χ1v) is 5.64. The van der Waals surface area contributed by atoms with Crippen molar-refractivity contribution in [1.29, 1.82) is 0 Å². The maximum atomic E-state index is 5.37. The van der Waals surface area contributed by atoms with Gasteiger partial charge in [-0.3, -0.25) is 0 Å². The summed E-state index contributed by atoms with van der Waals surface area (Å²) in [5.41, 5.74) is 0. The highest BCUT2D eigenvalue weighted by atomic mass is 32.2. The predicted octanol–water partition coefficient (Wildman–Crippen LogP) is 1.32. The molecule has 0 N–H and O–H groups in total. The zero-order chi connectivity index (χ0) is 9.10. The fourth-order valence-corrected chi connectivity index (χ4v) is 2.24. The Labute approximate surface area is 81.7 Å². The molecule has 1 saturated heterocycles. The Bertz CT molecular complexity index is 268. The standard InChI is InChI=1S/C8H13N3OS/c1-7-9-10-8(12-7)11-3-2-5-13-6-4-11/h2-6H2,1H3. The van der Waals surface area contributed by atoms with E-state index in [-0.39, 0.29) is 0 Å². The molecule has 0 atom stereocenters. The summed E-state index contributed by atoms with van der Waals surface area (Å²) in [6.45, 7) is 3.88. The summed E-state index contributed by atoms with van der Waals surface area (Å²) in [6.07, 6.45) is 1.20. The Morgan fingerprint density at radius 3 is 3.00 bits per heavy atom. The molecule has 4 nitrogen and oxygen atoms in total. The SMILES string of the molecule is Cc1nnc(N2CCCSCC2)o1. The van der Waals surface area contributed by atoms with Crippen LogP contribution in [0.15, 0.2) is 4.42 Å². The van der Waals surface area contributed by atoms with Gasteiger partial charge in [0.05, 0.1) is 0 Å². The highest BCUT2D eigenvalue weighted by molar-refractivity contribution is 7.99. The van der Waals surface area contributed by atoms with Crippen LogP contribution < -0.4 is 4.90 Å². The van der Waals surface area contributed by atoms with Gasteiger partial charge in [0.15, 0.2) is 0 Å². The van der Waals surface area contributed by atoms with Crippen LogP contribution in [0.25, 0.3) is 0 Å². The average molecular weight is 199 g/mol. The number of thioether (sulfide) groups is 1. The van der Waals surface area contributed by atoms with Crippen LogP contribution in [0.2, 0.25) is 0 Å². The first-order valence-electron chi connectivity index (χ1n) is 4.49. The highest BCUT2D eigenvalue weighted by Gasteiger charge is 2.14. The van der Waals surface area contributed by atoms with Gasteiger partial charge in [0.1, 0.15) is 0 Å². The molecule has 5 heteroatoms. The molecule has 0 radical (unpaired) electrons. The number of rotatable bonds is 1. The lowest BCUT2D eigenvalue weighted by molar-refractivity contribution is 0.506. The van der Waals surface area contributed by atoms with Gasteiger partial charge >= 0.3 is 6.01 Å².